The fourth-order valence-electron chi connectivity index (χ4n) is 9.07. The number of carbonyl (C=O) groups is 2. The predicted octanol–water partition coefficient (Wildman–Crippen LogP) is 4.20. The summed E-state index contributed by atoms with van der Waals surface area (Å²) in [5, 5.41) is 0. The van der Waals surface area contributed by atoms with Gasteiger partial charge in [0.05, 0.1) is 36.1 Å². The zero-order valence-electron chi connectivity index (χ0n) is 29.6. The molecule has 0 radical (unpaired) electrons. The van der Waals surface area contributed by atoms with Gasteiger partial charge in [-0.15, -0.1) is 0 Å². The Kier molecular flexibility index (Phi) is 8.99. The molecule has 264 valence electrons. The van der Waals surface area contributed by atoms with E-state index in [-0.39, 0.29) is 29.5 Å². The third-order valence-corrected chi connectivity index (χ3v) is 11.8. The summed E-state index contributed by atoms with van der Waals surface area (Å²) in [6.07, 6.45) is 13.7. The van der Waals surface area contributed by atoms with E-state index in [1.54, 1.807) is 0 Å². The van der Waals surface area contributed by atoms with Crippen LogP contribution in [0.4, 0.5) is 0 Å². The van der Waals surface area contributed by atoms with Crippen molar-refractivity contribution in [3.63, 3.8) is 0 Å². The van der Waals surface area contributed by atoms with E-state index in [2.05, 4.69) is 67.0 Å². The highest BCUT2D eigenvalue weighted by Gasteiger charge is 2.53. The van der Waals surface area contributed by atoms with Gasteiger partial charge in [0.2, 0.25) is 17.7 Å². The molecule has 3 saturated heterocycles. The number of nitrogens with zero attached hydrogens (tertiary/aromatic N) is 6. The molecule has 4 aliphatic heterocycles. The average Bonchev–Trinajstić information content (AvgIpc) is 3.92. The van der Waals surface area contributed by atoms with Crippen molar-refractivity contribution >= 4 is 17.4 Å². The monoisotopic (exact) mass is 678 g/mol. The molecule has 5 atom stereocenters. The Hall–Kier alpha value is -4.06. The van der Waals surface area contributed by atoms with Crippen LogP contribution in [-0.2, 0) is 16.6 Å². The second kappa shape index (κ2) is 13.6. The lowest BCUT2D eigenvalue weighted by Gasteiger charge is -2.38. The van der Waals surface area contributed by atoms with Gasteiger partial charge in [0.1, 0.15) is 0 Å². The van der Waals surface area contributed by atoms with Crippen molar-refractivity contribution in [1.82, 2.24) is 40.1 Å². The lowest BCUT2D eigenvalue weighted by Crippen LogP contribution is -2.47. The predicted molar refractivity (Wildman–Crippen MR) is 192 cm³/mol. The molecule has 2 amide bonds. The molecular formula is C39H50N8O3. The zero-order valence-corrected chi connectivity index (χ0v) is 29.6. The van der Waals surface area contributed by atoms with Gasteiger partial charge in [-0.25, -0.2) is 15.4 Å². The number of aromatic nitrogens is 3. The summed E-state index contributed by atoms with van der Waals surface area (Å²) < 4.78 is 7.71. The summed E-state index contributed by atoms with van der Waals surface area (Å²) in [6.45, 7) is 8.06. The number of carbonyl (C=O) groups excluding carboxylic acids is 2. The maximum absolute atomic E-state index is 14.1. The SMILES string of the molecule is CC(C)Oc1ccc(C2NNC3CCC(N4CC[C@]5(CCN(CC(=O)N6CC=C(c7ccc(-c8cn(C)cn8)cc7)CC6)C5)C4=O)CC32)cn1. The van der Waals surface area contributed by atoms with Gasteiger partial charge < -0.3 is 19.1 Å². The van der Waals surface area contributed by atoms with Crippen LogP contribution in [0.5, 0.6) is 5.88 Å². The first kappa shape index (κ1) is 33.1. The molecule has 1 aromatic carbocycles. The zero-order chi connectivity index (χ0) is 34.4. The molecule has 1 saturated carbocycles. The smallest absolute Gasteiger partial charge is 0.237 e. The van der Waals surface area contributed by atoms with Gasteiger partial charge >= 0.3 is 0 Å². The van der Waals surface area contributed by atoms with Crippen LogP contribution in [0.25, 0.3) is 16.8 Å². The number of hydrogen-bond acceptors (Lipinski definition) is 8. The molecule has 1 spiro atoms. The molecule has 4 unspecified atom stereocenters. The molecule has 1 aliphatic carbocycles. The molecule has 11 nitrogen and oxygen atoms in total. The van der Waals surface area contributed by atoms with Crippen molar-refractivity contribution in [1.29, 1.82) is 0 Å². The minimum atomic E-state index is -0.352. The van der Waals surface area contributed by atoms with Crippen LogP contribution in [0, 0.1) is 11.3 Å². The largest absolute Gasteiger partial charge is 0.475 e. The fraction of sp³-hybridized carbons (Fsp3) is 0.538. The summed E-state index contributed by atoms with van der Waals surface area (Å²) in [6, 6.07) is 13.4. The highest BCUT2D eigenvalue weighted by molar-refractivity contribution is 5.86. The maximum Gasteiger partial charge on any atom is 0.237 e. The van der Waals surface area contributed by atoms with Crippen molar-refractivity contribution in [2.75, 3.05) is 39.3 Å². The molecule has 3 aromatic rings. The Morgan fingerprint density at radius 1 is 1.02 bits per heavy atom. The number of fused-ring (bicyclic) bond motifs is 1. The topological polar surface area (TPSA) is 108 Å². The summed E-state index contributed by atoms with van der Waals surface area (Å²) in [5.41, 5.74) is 12.4. The number of benzene rings is 1. The highest BCUT2D eigenvalue weighted by atomic mass is 16.5. The van der Waals surface area contributed by atoms with Gasteiger partial charge in [0, 0.05) is 69.3 Å². The number of imidazole rings is 1. The van der Waals surface area contributed by atoms with Crippen LogP contribution in [0.3, 0.4) is 0 Å². The average molecular weight is 679 g/mol. The number of likely N-dealkylation sites (tertiary alicyclic amines) is 2. The quantitative estimate of drug-likeness (QED) is 0.366. The number of aryl methyl sites for hydroxylation is 1. The number of nitrogens with one attached hydrogen (secondary N) is 2. The molecule has 11 heteroatoms. The van der Waals surface area contributed by atoms with Gasteiger partial charge in [-0.3, -0.25) is 19.9 Å². The van der Waals surface area contributed by atoms with Gasteiger partial charge in [-0.2, -0.15) is 0 Å². The van der Waals surface area contributed by atoms with Crippen LogP contribution in [0.2, 0.25) is 0 Å². The Labute approximate surface area is 295 Å². The third kappa shape index (κ3) is 6.47. The van der Waals surface area contributed by atoms with E-state index in [4.69, 9.17) is 4.74 Å². The van der Waals surface area contributed by atoms with Gasteiger partial charge in [0.25, 0.3) is 0 Å². The molecule has 4 fully saturated rings. The standard InChI is InChI=1S/C39H50N8O3/c1-26(2)50-35-11-8-30(21-40-35)37-32-20-31(9-10-33(32)42-43-37)47-19-15-39(38(47)49)14-18-45(24-39)23-36(48)46-16-12-28(13-17-46)27-4-6-29(7-5-27)34-22-44(3)25-41-34/h4-8,11-12,21-22,25-26,31-33,37,42-43H,9-10,13-20,23-24H2,1-3H3/t31?,32?,33?,37?,39-/m0/s1. The Balaban J connectivity index is 0.840. The summed E-state index contributed by atoms with van der Waals surface area (Å²) in [4.78, 5) is 43.0. The van der Waals surface area contributed by atoms with Crippen molar-refractivity contribution < 1.29 is 14.3 Å². The highest BCUT2D eigenvalue weighted by Crippen LogP contribution is 2.45. The Morgan fingerprint density at radius 3 is 2.56 bits per heavy atom. The Bertz CT molecular complexity index is 1740. The number of pyridine rings is 1. The van der Waals surface area contributed by atoms with Crippen molar-refractivity contribution in [3.8, 4) is 17.1 Å². The van der Waals surface area contributed by atoms with Crippen LogP contribution < -0.4 is 15.6 Å². The second-order valence-electron chi connectivity index (χ2n) is 15.4. The number of ether oxygens (including phenoxy) is 1. The van der Waals surface area contributed by atoms with E-state index in [1.165, 1.54) is 11.1 Å². The van der Waals surface area contributed by atoms with Crippen molar-refractivity contribution in [2.24, 2.45) is 18.4 Å². The number of hydrogen-bond donors (Lipinski definition) is 2. The van der Waals surface area contributed by atoms with Gasteiger partial charge in [-0.1, -0.05) is 36.4 Å². The minimum Gasteiger partial charge on any atom is -0.475 e. The molecule has 2 N–H and O–H groups in total. The van der Waals surface area contributed by atoms with Gasteiger partial charge in [-0.05, 0) is 81.5 Å². The number of rotatable bonds is 8. The number of hydrazine groups is 1. The molecule has 0 bridgehead atoms. The molecule has 2 aromatic heterocycles. The molecule has 6 heterocycles. The van der Waals surface area contributed by atoms with E-state index in [9.17, 15) is 9.59 Å². The van der Waals surface area contributed by atoms with Crippen LogP contribution in [0.15, 0.2) is 61.2 Å². The van der Waals surface area contributed by atoms with E-state index in [1.807, 2.05) is 55.1 Å². The third-order valence-electron chi connectivity index (χ3n) is 11.8. The Morgan fingerprint density at radius 2 is 1.84 bits per heavy atom. The lowest BCUT2D eigenvalue weighted by molar-refractivity contribution is -0.139. The first-order valence-corrected chi connectivity index (χ1v) is 18.5. The van der Waals surface area contributed by atoms with E-state index >= 15 is 0 Å². The molecule has 50 heavy (non-hydrogen) atoms. The van der Waals surface area contributed by atoms with Gasteiger partial charge in [0.15, 0.2) is 0 Å². The van der Waals surface area contributed by atoms with Crippen LogP contribution in [-0.4, -0.2) is 98.5 Å². The molecule has 5 aliphatic rings. The number of amides is 2. The normalized spacial score (nSPS) is 28.5. The van der Waals surface area contributed by atoms with Crippen molar-refractivity contribution in [3.05, 3.63) is 72.3 Å². The fourth-order valence-corrected chi connectivity index (χ4v) is 9.07. The molecule has 8 rings (SSSR count). The first-order valence-electron chi connectivity index (χ1n) is 18.5. The first-order chi connectivity index (χ1) is 24.2. The second-order valence-corrected chi connectivity index (χ2v) is 15.4. The van der Waals surface area contributed by atoms with E-state index in [0.29, 0.717) is 43.4 Å². The summed E-state index contributed by atoms with van der Waals surface area (Å²) in [7, 11) is 1.98. The van der Waals surface area contributed by atoms with Crippen LogP contribution >= 0.6 is 0 Å². The summed E-state index contributed by atoms with van der Waals surface area (Å²) in [5.74, 6) is 1.51. The lowest BCUT2D eigenvalue weighted by atomic mass is 9.77. The molecular weight excluding hydrogens is 628 g/mol. The van der Waals surface area contributed by atoms with Crippen LogP contribution in [0.1, 0.15) is 69.5 Å². The van der Waals surface area contributed by atoms with E-state index in [0.717, 1.165) is 75.0 Å². The van der Waals surface area contributed by atoms with Crippen molar-refractivity contribution in [2.45, 2.75) is 76.6 Å². The summed E-state index contributed by atoms with van der Waals surface area (Å²) >= 11 is 0. The maximum atomic E-state index is 14.1. The minimum absolute atomic E-state index is 0.0894. The van der Waals surface area contributed by atoms with E-state index < -0.39 is 0 Å².